The van der Waals surface area contributed by atoms with Crippen molar-refractivity contribution < 1.29 is 29.7 Å². The topological polar surface area (TPSA) is 266 Å². The van der Waals surface area contributed by atoms with E-state index in [0.717, 1.165) is 243 Å². The molecule has 3 atom stereocenters. The Labute approximate surface area is 623 Å². The number of likely N-dealkylation sites (tertiary alicyclic amines) is 3. The van der Waals surface area contributed by atoms with Gasteiger partial charge in [-0.15, -0.1) is 11.3 Å². The zero-order chi connectivity index (χ0) is 73.1. The second kappa shape index (κ2) is 35.2. The second-order valence-electron chi connectivity index (χ2n) is 31.2. The molecule has 23 heteroatoms. The molecule has 0 bridgehead atoms. The SMILES string of the molecule is CCC[C@H](C)Nc1ncc2c(C3CCN(C(=O)C4=CCC=C4)CC3)cn(C3CCC(O)CC3)c2n1.CCC[C@H](C)Nc1ncc2c(C3CCN(C(=O)c4ccc[nH]4)CC3)cn(C3CCC(O)CC3)c2n1.CCC[C@H](C)Nc1ncc2c(C3CCN(C(=O)c4cccs4)CC3)cn(C3CCC(O)CC3)c2n1. The highest BCUT2D eigenvalue weighted by Gasteiger charge is 2.35. The molecule has 22 nitrogen and oxygen atoms in total. The predicted octanol–water partition coefficient (Wildman–Crippen LogP) is 15.5. The normalized spacial score (nSPS) is 23.0. The Morgan fingerprint density at radius 2 is 0.867 bits per heavy atom. The van der Waals surface area contributed by atoms with E-state index in [4.69, 9.17) is 24.9 Å². The first-order valence-corrected chi connectivity index (χ1v) is 40.8. The Morgan fingerprint density at radius 3 is 1.19 bits per heavy atom. The van der Waals surface area contributed by atoms with Crippen LogP contribution in [-0.2, 0) is 4.79 Å². The highest BCUT2D eigenvalue weighted by Crippen LogP contribution is 2.43. The minimum absolute atomic E-state index is 0.0805. The minimum Gasteiger partial charge on any atom is -0.393 e. The first kappa shape index (κ1) is 75.3. The number of aromatic amines is 1. The highest BCUT2D eigenvalue weighted by molar-refractivity contribution is 7.12. The van der Waals surface area contributed by atoms with Crippen LogP contribution in [0, 0.1) is 0 Å². The van der Waals surface area contributed by atoms with E-state index in [2.05, 4.69) is 99.8 Å². The van der Waals surface area contributed by atoms with Crippen LogP contribution in [0.3, 0.4) is 0 Å². The number of rotatable bonds is 21. The van der Waals surface area contributed by atoms with Gasteiger partial charge in [-0.25, -0.2) is 15.0 Å². The van der Waals surface area contributed by atoms with Crippen molar-refractivity contribution in [3.05, 3.63) is 124 Å². The average molecular weight is 1450 g/mol. The predicted molar refractivity (Wildman–Crippen MR) is 418 cm³/mol. The van der Waals surface area contributed by atoms with Crippen molar-refractivity contribution in [1.82, 2.24) is 63.3 Å². The van der Waals surface area contributed by atoms with Crippen molar-refractivity contribution in [1.29, 1.82) is 0 Å². The number of aliphatic hydroxyl groups excluding tert-OH is 3. The fourth-order valence-electron chi connectivity index (χ4n) is 17.5. The lowest BCUT2D eigenvalue weighted by molar-refractivity contribution is -0.127. The molecule has 0 aromatic carbocycles. The molecule has 7 aliphatic rings. The molecule has 0 radical (unpaired) electrons. The molecule has 564 valence electrons. The molecule has 8 aromatic heterocycles. The van der Waals surface area contributed by atoms with Crippen LogP contribution in [-0.4, -0.2) is 172 Å². The van der Waals surface area contributed by atoms with Crippen molar-refractivity contribution in [2.75, 3.05) is 55.2 Å². The summed E-state index contributed by atoms with van der Waals surface area (Å²) in [5.74, 6) is 3.64. The van der Waals surface area contributed by atoms with Crippen molar-refractivity contribution >= 4 is 80.0 Å². The number of H-pyrrole nitrogens is 1. The zero-order valence-electron chi connectivity index (χ0n) is 62.8. The van der Waals surface area contributed by atoms with Crippen LogP contribution in [0.25, 0.3) is 33.1 Å². The van der Waals surface area contributed by atoms with Gasteiger partial charge in [0.05, 0.1) is 23.2 Å². The summed E-state index contributed by atoms with van der Waals surface area (Å²) in [6.07, 6.45) is 44.2. The standard InChI is InChI=1S/C28H39N5O2.C27H38N6O2.C27H37N5O2S/c1-3-6-19(2)30-28-29-17-24-25(18-33(26(24)31-28)22-9-11-23(34)12-10-22)20-13-15-32(16-14-20)27(35)21-7-4-5-8-21;1-3-5-18(2)30-27-29-16-22-23(17-33(25(22)31-27)20-7-9-21(34)10-8-20)19-11-14-32(15-12-19)26(35)24-6-4-13-28-24;1-3-5-18(2)29-27-28-16-22-23(17-32(25(22)30-27)20-7-9-21(33)10-8-20)19-11-13-31(14-12-19)26(34)24-6-4-15-35-24/h4,7-8,17-20,22-23,34H,3,5-6,9-16H2,1-2H3,(H,29,30,31);4,6,13,16-21,28,34H,3,5,7-12,14-15H2,1-2H3,(H,29,30,31);4,6,15-21,33H,3,5,7-14H2,1-2H3,(H,28,29,30)/t19-,22?,23?;2*18-,20?,21?/m000/s1. The van der Waals surface area contributed by atoms with Gasteiger partial charge in [0.1, 0.15) is 22.6 Å². The molecule has 6 fully saturated rings. The van der Waals surface area contributed by atoms with E-state index in [0.29, 0.717) is 77.5 Å². The Kier molecular flexibility index (Phi) is 25.2. The molecule has 0 unspecified atom stereocenters. The number of piperidine rings is 3. The van der Waals surface area contributed by atoms with E-state index in [1.807, 2.05) is 81.2 Å². The average Bonchev–Trinajstić information content (AvgIpc) is 1.62. The van der Waals surface area contributed by atoms with Crippen molar-refractivity contribution in [2.24, 2.45) is 0 Å². The molecule has 105 heavy (non-hydrogen) atoms. The lowest BCUT2D eigenvalue weighted by Crippen LogP contribution is -2.38. The largest absolute Gasteiger partial charge is 0.393 e. The number of amides is 3. The zero-order valence-corrected chi connectivity index (χ0v) is 63.7. The Hall–Kier alpha value is -7.99. The van der Waals surface area contributed by atoms with E-state index in [-0.39, 0.29) is 36.0 Å². The Balaban J connectivity index is 0.000000140. The third-order valence-corrected chi connectivity index (χ3v) is 24.4. The molecule has 3 saturated heterocycles. The molecule has 4 aliphatic carbocycles. The van der Waals surface area contributed by atoms with Gasteiger partial charge in [-0.05, 0) is 220 Å². The minimum atomic E-state index is -0.184. The fraction of sp³-hybridized carbons (Fsp3) is 0.598. The number of aromatic nitrogens is 10. The van der Waals surface area contributed by atoms with Gasteiger partial charge in [0.15, 0.2) is 0 Å². The van der Waals surface area contributed by atoms with E-state index in [1.54, 1.807) is 6.20 Å². The number of hydrogen-bond acceptors (Lipinski definition) is 16. The van der Waals surface area contributed by atoms with Crippen molar-refractivity contribution in [2.45, 2.75) is 274 Å². The Bertz CT molecular complexity index is 4030. The van der Waals surface area contributed by atoms with Gasteiger partial charge in [0, 0.05) is 141 Å². The second-order valence-corrected chi connectivity index (χ2v) is 32.2. The van der Waals surface area contributed by atoms with Crippen LogP contribution in [0.15, 0.2) is 96.8 Å². The first-order chi connectivity index (χ1) is 51.1. The molecular weight excluding hydrogens is 1340 g/mol. The number of thiophene rings is 1. The third-order valence-electron chi connectivity index (χ3n) is 23.5. The van der Waals surface area contributed by atoms with Crippen LogP contribution in [0.4, 0.5) is 17.8 Å². The van der Waals surface area contributed by atoms with Crippen LogP contribution in [0.5, 0.6) is 0 Å². The molecule has 15 rings (SSSR count). The van der Waals surface area contributed by atoms with Gasteiger partial charge >= 0.3 is 0 Å². The summed E-state index contributed by atoms with van der Waals surface area (Å²) < 4.78 is 7.07. The van der Waals surface area contributed by atoms with E-state index in [9.17, 15) is 29.7 Å². The molecule has 8 aromatic rings. The summed E-state index contributed by atoms with van der Waals surface area (Å²) in [5, 5.41) is 45.9. The summed E-state index contributed by atoms with van der Waals surface area (Å²) in [6, 6.07) is 9.60. The maximum atomic E-state index is 12.8. The summed E-state index contributed by atoms with van der Waals surface area (Å²) in [7, 11) is 0. The monoisotopic (exact) mass is 1450 g/mol. The van der Waals surface area contributed by atoms with Crippen LogP contribution < -0.4 is 16.0 Å². The number of fused-ring (bicyclic) bond motifs is 3. The fourth-order valence-corrected chi connectivity index (χ4v) is 18.2. The summed E-state index contributed by atoms with van der Waals surface area (Å²) in [6.45, 7) is 17.7. The lowest BCUT2D eigenvalue weighted by atomic mass is 9.89. The molecule has 7 N–H and O–H groups in total. The van der Waals surface area contributed by atoms with Gasteiger partial charge in [0.2, 0.25) is 17.8 Å². The number of carbonyl (C=O) groups is 3. The molecular formula is C82H114N16O6S. The van der Waals surface area contributed by atoms with E-state index < -0.39 is 0 Å². The van der Waals surface area contributed by atoms with Crippen molar-refractivity contribution in [3.63, 3.8) is 0 Å². The van der Waals surface area contributed by atoms with Gasteiger partial charge in [-0.2, -0.15) is 15.0 Å². The van der Waals surface area contributed by atoms with Crippen LogP contribution >= 0.6 is 11.3 Å². The highest BCUT2D eigenvalue weighted by atomic mass is 32.1. The molecule has 3 saturated carbocycles. The van der Waals surface area contributed by atoms with Gasteiger partial charge in [-0.1, -0.05) is 64.3 Å². The number of hydrogen-bond donors (Lipinski definition) is 7. The van der Waals surface area contributed by atoms with Gasteiger partial charge in [-0.3, -0.25) is 14.4 Å². The smallest absolute Gasteiger partial charge is 0.270 e. The lowest BCUT2D eigenvalue weighted by Gasteiger charge is -2.32. The summed E-state index contributed by atoms with van der Waals surface area (Å²) >= 11 is 1.52. The van der Waals surface area contributed by atoms with Crippen LogP contribution in [0.1, 0.15) is 275 Å². The molecule has 3 amide bonds. The number of aliphatic hydroxyl groups is 3. The Morgan fingerprint density at radius 1 is 0.495 bits per heavy atom. The maximum Gasteiger partial charge on any atom is 0.270 e. The first-order valence-electron chi connectivity index (χ1n) is 40.0. The number of nitrogens with one attached hydrogen (secondary N) is 4. The maximum absolute atomic E-state index is 12.8. The number of carbonyl (C=O) groups excluding carboxylic acids is 3. The van der Waals surface area contributed by atoms with E-state index >= 15 is 0 Å². The molecule has 0 spiro atoms. The van der Waals surface area contributed by atoms with E-state index in [1.165, 1.54) is 28.0 Å². The quantitative estimate of drug-likeness (QED) is 0.0353. The third kappa shape index (κ3) is 18.0. The molecule has 3 aliphatic heterocycles. The van der Waals surface area contributed by atoms with Crippen LogP contribution in [0.2, 0.25) is 0 Å². The summed E-state index contributed by atoms with van der Waals surface area (Å²) in [5.41, 5.74) is 8.41. The number of allylic oxidation sites excluding steroid dienone is 2. The molecule has 11 heterocycles. The number of nitrogens with zero attached hydrogens (tertiary/aromatic N) is 12. The van der Waals surface area contributed by atoms with Gasteiger partial charge < -0.3 is 64.7 Å². The number of anilines is 3. The summed E-state index contributed by atoms with van der Waals surface area (Å²) in [4.78, 5) is 77.3. The van der Waals surface area contributed by atoms with Crippen molar-refractivity contribution in [3.8, 4) is 0 Å². The van der Waals surface area contributed by atoms with Gasteiger partial charge in [0.25, 0.3) is 17.7 Å².